The molecule has 0 aromatic carbocycles. The molecule has 5 fully saturated rings. The van der Waals surface area contributed by atoms with Crippen molar-refractivity contribution in [1.29, 1.82) is 0 Å². The molecular weight excluding hydrogens is 412 g/mol. The highest BCUT2D eigenvalue weighted by atomic mass is 16.3. The Morgan fingerprint density at radius 1 is 1.09 bits per heavy atom. The van der Waals surface area contributed by atoms with Crippen LogP contribution in [0.4, 0.5) is 5.82 Å². The van der Waals surface area contributed by atoms with Gasteiger partial charge in [-0.15, -0.1) is 0 Å². The highest BCUT2D eigenvalue weighted by Crippen LogP contribution is 2.55. The van der Waals surface area contributed by atoms with Crippen molar-refractivity contribution in [3.8, 4) is 0 Å². The van der Waals surface area contributed by atoms with E-state index in [4.69, 9.17) is 4.98 Å². The summed E-state index contributed by atoms with van der Waals surface area (Å²) in [4.78, 5) is 24.8. The van der Waals surface area contributed by atoms with Crippen LogP contribution in [0.25, 0.3) is 0 Å². The lowest BCUT2D eigenvalue weighted by molar-refractivity contribution is -0.136. The summed E-state index contributed by atoms with van der Waals surface area (Å²) in [6, 6.07) is 10.3. The number of aliphatic hydroxyl groups is 1. The number of piperidine rings is 1. The van der Waals surface area contributed by atoms with Crippen LogP contribution in [0.5, 0.6) is 0 Å². The molecular formula is C27H34N4O2. The second-order valence-electron chi connectivity index (χ2n) is 11.1. The third-order valence-corrected chi connectivity index (χ3v) is 8.68. The van der Waals surface area contributed by atoms with Crippen LogP contribution in [0.15, 0.2) is 36.5 Å². The molecule has 2 atom stereocenters. The van der Waals surface area contributed by atoms with E-state index in [-0.39, 0.29) is 11.9 Å². The fourth-order valence-corrected chi connectivity index (χ4v) is 7.29. The average Bonchev–Trinajstić information content (AvgIpc) is 2.81. The fraction of sp³-hybridized carbons (Fsp3) is 0.593. The number of aromatic nitrogens is 2. The molecule has 3 heterocycles. The highest BCUT2D eigenvalue weighted by Gasteiger charge is 2.55. The van der Waals surface area contributed by atoms with Gasteiger partial charge in [0.15, 0.2) is 0 Å². The maximum Gasteiger partial charge on any atom is 0.270 e. The van der Waals surface area contributed by atoms with Gasteiger partial charge in [0.25, 0.3) is 5.91 Å². The molecule has 33 heavy (non-hydrogen) atoms. The Bertz CT molecular complexity index is 1010. The average molecular weight is 447 g/mol. The van der Waals surface area contributed by atoms with Gasteiger partial charge in [0.2, 0.25) is 0 Å². The van der Waals surface area contributed by atoms with Crippen molar-refractivity contribution < 1.29 is 9.90 Å². The molecule has 2 aromatic heterocycles. The summed E-state index contributed by atoms with van der Waals surface area (Å²) in [7, 11) is 0. The fourth-order valence-electron chi connectivity index (χ4n) is 7.29. The lowest BCUT2D eigenvalue weighted by Gasteiger charge is -2.58. The number of hydrogen-bond acceptors (Lipinski definition) is 5. The lowest BCUT2D eigenvalue weighted by Crippen LogP contribution is -2.61. The molecule has 2 aromatic rings. The summed E-state index contributed by atoms with van der Waals surface area (Å²) >= 11 is 0. The van der Waals surface area contributed by atoms with Crippen molar-refractivity contribution in [3.05, 3.63) is 53.5 Å². The van der Waals surface area contributed by atoms with Gasteiger partial charge in [-0.1, -0.05) is 12.1 Å². The molecule has 174 valence electrons. The van der Waals surface area contributed by atoms with Crippen molar-refractivity contribution in [1.82, 2.24) is 15.3 Å². The van der Waals surface area contributed by atoms with Crippen LogP contribution in [-0.4, -0.2) is 45.7 Å². The molecule has 6 nitrogen and oxygen atoms in total. The Kier molecular flexibility index (Phi) is 5.17. The SMILES string of the molecule is Cc1ccc(C2CCN(c3cccc(C(=O)NC4C5CC6CC4CC(O)(C6)C5)n3)CC2)nc1. The van der Waals surface area contributed by atoms with Gasteiger partial charge in [-0.3, -0.25) is 9.78 Å². The van der Waals surface area contributed by atoms with Crippen molar-refractivity contribution in [2.24, 2.45) is 17.8 Å². The van der Waals surface area contributed by atoms with Crippen molar-refractivity contribution in [2.75, 3.05) is 18.0 Å². The van der Waals surface area contributed by atoms with E-state index in [0.29, 0.717) is 29.4 Å². The van der Waals surface area contributed by atoms with E-state index in [0.717, 1.165) is 63.9 Å². The van der Waals surface area contributed by atoms with Gasteiger partial charge in [0, 0.05) is 36.9 Å². The van der Waals surface area contributed by atoms with Crippen molar-refractivity contribution in [3.63, 3.8) is 0 Å². The zero-order valence-electron chi connectivity index (χ0n) is 19.4. The Labute approximate surface area is 195 Å². The zero-order chi connectivity index (χ0) is 22.6. The van der Waals surface area contributed by atoms with Crippen LogP contribution in [0.1, 0.15) is 72.6 Å². The van der Waals surface area contributed by atoms with E-state index in [1.54, 1.807) is 0 Å². The summed E-state index contributed by atoms with van der Waals surface area (Å²) in [6.07, 6.45) is 8.96. The van der Waals surface area contributed by atoms with Gasteiger partial charge >= 0.3 is 0 Å². The molecule has 1 saturated heterocycles. The number of pyridine rings is 2. The smallest absolute Gasteiger partial charge is 0.270 e. The number of rotatable bonds is 4. The summed E-state index contributed by atoms with van der Waals surface area (Å²) in [6.45, 7) is 3.91. The summed E-state index contributed by atoms with van der Waals surface area (Å²) in [5, 5.41) is 14.1. The first-order valence-electron chi connectivity index (χ1n) is 12.6. The number of anilines is 1. The standard InChI is InChI=1S/C27H34N4O2/c1-17-5-6-22(28-16-17)19-7-9-31(10-8-19)24-4-2-3-23(29-24)26(32)30-25-20-11-18-12-21(25)15-27(33,13-18)14-20/h2-6,16,18-21,25,33H,7-15H2,1H3,(H,30,32). The first kappa shape index (κ1) is 21.1. The maximum absolute atomic E-state index is 13.2. The van der Waals surface area contributed by atoms with Gasteiger partial charge in [0.1, 0.15) is 11.5 Å². The molecule has 2 unspecified atom stereocenters. The lowest BCUT2D eigenvalue weighted by atomic mass is 9.52. The van der Waals surface area contributed by atoms with Crippen LogP contribution < -0.4 is 10.2 Å². The molecule has 2 N–H and O–H groups in total. The van der Waals surface area contributed by atoms with E-state index < -0.39 is 5.60 Å². The molecule has 4 aliphatic carbocycles. The molecule has 4 saturated carbocycles. The largest absolute Gasteiger partial charge is 0.390 e. The van der Waals surface area contributed by atoms with Crippen molar-refractivity contribution >= 4 is 11.7 Å². The molecule has 1 aliphatic heterocycles. The highest BCUT2D eigenvalue weighted by molar-refractivity contribution is 5.93. The minimum atomic E-state index is -0.476. The molecule has 0 spiro atoms. The van der Waals surface area contributed by atoms with Gasteiger partial charge in [-0.2, -0.15) is 0 Å². The van der Waals surface area contributed by atoms with E-state index in [1.165, 1.54) is 11.3 Å². The summed E-state index contributed by atoms with van der Waals surface area (Å²) < 4.78 is 0. The molecule has 0 radical (unpaired) electrons. The second kappa shape index (κ2) is 8.08. The number of hydrogen-bond donors (Lipinski definition) is 2. The van der Waals surface area contributed by atoms with Crippen LogP contribution in [-0.2, 0) is 0 Å². The number of nitrogens with one attached hydrogen (secondary N) is 1. The van der Waals surface area contributed by atoms with Crippen molar-refractivity contribution in [2.45, 2.75) is 69.4 Å². The predicted molar refractivity (Wildman–Crippen MR) is 127 cm³/mol. The van der Waals surface area contributed by atoms with E-state index in [2.05, 4.69) is 34.3 Å². The van der Waals surface area contributed by atoms with Gasteiger partial charge in [-0.25, -0.2) is 4.98 Å². The van der Waals surface area contributed by atoms with E-state index in [1.807, 2.05) is 24.4 Å². The van der Waals surface area contributed by atoms with Gasteiger partial charge in [0.05, 0.1) is 5.60 Å². The van der Waals surface area contributed by atoms with Crippen LogP contribution in [0, 0.1) is 24.7 Å². The van der Waals surface area contributed by atoms with E-state index >= 15 is 0 Å². The van der Waals surface area contributed by atoms with Crippen LogP contribution in [0.2, 0.25) is 0 Å². The molecule has 1 amide bonds. The summed E-state index contributed by atoms with van der Waals surface area (Å²) in [5.41, 5.74) is 2.40. The van der Waals surface area contributed by atoms with Crippen LogP contribution in [0.3, 0.4) is 0 Å². The third-order valence-electron chi connectivity index (χ3n) is 8.68. The first-order valence-corrected chi connectivity index (χ1v) is 12.6. The Morgan fingerprint density at radius 2 is 1.85 bits per heavy atom. The number of amides is 1. The van der Waals surface area contributed by atoms with Crippen LogP contribution >= 0.6 is 0 Å². The first-order chi connectivity index (χ1) is 16.0. The number of nitrogens with zero attached hydrogens (tertiary/aromatic N) is 3. The Morgan fingerprint density at radius 3 is 2.52 bits per heavy atom. The zero-order valence-corrected chi connectivity index (χ0v) is 19.4. The van der Waals surface area contributed by atoms with Gasteiger partial charge < -0.3 is 15.3 Å². The Hall–Kier alpha value is -2.47. The number of carbonyl (C=O) groups excluding carboxylic acids is 1. The quantitative estimate of drug-likeness (QED) is 0.746. The minimum absolute atomic E-state index is 0.0694. The Balaban J connectivity index is 1.10. The maximum atomic E-state index is 13.2. The van der Waals surface area contributed by atoms with Gasteiger partial charge in [-0.05, 0) is 93.4 Å². The molecule has 4 bridgehead atoms. The normalized spacial score (nSPS) is 33.3. The van der Waals surface area contributed by atoms with E-state index in [9.17, 15) is 9.90 Å². The molecule has 5 aliphatic rings. The number of carbonyl (C=O) groups is 1. The third kappa shape index (κ3) is 4.03. The number of aryl methyl sites for hydroxylation is 1. The second-order valence-corrected chi connectivity index (χ2v) is 11.1. The predicted octanol–water partition coefficient (Wildman–Crippen LogP) is 3.84. The topological polar surface area (TPSA) is 78.4 Å². The summed E-state index contributed by atoms with van der Waals surface area (Å²) in [5.74, 6) is 2.75. The molecule has 7 rings (SSSR count). The molecule has 6 heteroatoms. The monoisotopic (exact) mass is 446 g/mol. The minimum Gasteiger partial charge on any atom is -0.390 e.